The van der Waals surface area contributed by atoms with E-state index in [1.165, 1.54) is 74.7 Å². The highest BCUT2D eigenvalue weighted by Crippen LogP contribution is 2.57. The second kappa shape index (κ2) is 30.8. The third-order valence-corrected chi connectivity index (χ3v) is 17.6. The molecular formula is C62H99NO22. The highest BCUT2D eigenvalue weighted by atomic mass is 16.6. The van der Waals surface area contributed by atoms with Crippen LogP contribution in [0.25, 0.3) is 0 Å². The average Bonchev–Trinajstić information content (AvgIpc) is 3.34. The van der Waals surface area contributed by atoms with E-state index in [1.54, 1.807) is 27.7 Å². The van der Waals surface area contributed by atoms with Gasteiger partial charge < -0.3 is 47.4 Å². The first-order chi connectivity index (χ1) is 39.1. The molecule has 85 heavy (non-hydrogen) atoms. The van der Waals surface area contributed by atoms with Gasteiger partial charge in [0, 0.05) is 18.7 Å². The Balaban J connectivity index is 4.04. The Morgan fingerprint density at radius 1 is 0.306 bits per heavy atom. The van der Waals surface area contributed by atoms with Crippen LogP contribution in [0.3, 0.4) is 0 Å². The summed E-state index contributed by atoms with van der Waals surface area (Å²) in [6.45, 7) is 18.7. The smallest absolute Gasteiger partial charge is 0.311 e. The van der Waals surface area contributed by atoms with E-state index in [1.807, 2.05) is 0 Å². The third-order valence-electron chi connectivity index (χ3n) is 17.6. The molecule has 0 aliphatic carbocycles. The minimum atomic E-state index is -1.93. The van der Waals surface area contributed by atoms with Gasteiger partial charge in [0.05, 0.1) is 125 Å². The van der Waals surface area contributed by atoms with Crippen LogP contribution in [0.2, 0.25) is 0 Å². The van der Waals surface area contributed by atoms with Gasteiger partial charge in [-0.3, -0.25) is 62.4 Å². The summed E-state index contributed by atoms with van der Waals surface area (Å²) in [7, 11) is 10.1. The third kappa shape index (κ3) is 18.5. The van der Waals surface area contributed by atoms with Gasteiger partial charge in [-0.1, -0.05) is 20.3 Å². The van der Waals surface area contributed by atoms with Crippen molar-refractivity contribution >= 4 is 71.5 Å². The number of unbranched alkanes of at least 4 members (excludes halogenated alkanes) is 3. The second-order valence-electron chi connectivity index (χ2n) is 26.0. The van der Waals surface area contributed by atoms with Crippen LogP contribution >= 0.6 is 0 Å². The molecule has 484 valence electrons. The molecule has 10 atom stereocenters. The Bertz CT molecular complexity index is 2470. The molecule has 0 saturated heterocycles. The van der Waals surface area contributed by atoms with Crippen molar-refractivity contribution in [1.29, 1.82) is 0 Å². The molecule has 1 aliphatic rings. The van der Waals surface area contributed by atoms with Crippen molar-refractivity contribution in [2.45, 2.75) is 179 Å². The summed E-state index contributed by atoms with van der Waals surface area (Å²) in [4.78, 5) is 167. The normalized spacial score (nSPS) is 19.4. The van der Waals surface area contributed by atoms with E-state index in [-0.39, 0.29) is 57.1 Å². The van der Waals surface area contributed by atoms with Crippen molar-refractivity contribution in [3.8, 4) is 0 Å². The summed E-state index contributed by atoms with van der Waals surface area (Å²) >= 11 is 0. The lowest BCUT2D eigenvalue weighted by atomic mass is 9.56. The predicted molar refractivity (Wildman–Crippen MR) is 307 cm³/mol. The van der Waals surface area contributed by atoms with Crippen LogP contribution in [0.5, 0.6) is 0 Å². The predicted octanol–water partition coefficient (Wildman–Crippen LogP) is 7.97. The molecule has 1 rings (SSSR count). The Hall–Kier alpha value is -6.42. The minimum absolute atomic E-state index is 0.0294. The van der Waals surface area contributed by atoms with E-state index in [9.17, 15) is 57.5 Å². The molecule has 23 heteroatoms. The molecular weight excluding hydrogens is 1110 g/mol. The molecule has 2 amide bonds. The number of nitrogens with zero attached hydrogens (tertiary/aromatic N) is 1. The first-order valence-corrected chi connectivity index (χ1v) is 28.6. The molecule has 0 fully saturated rings. The zero-order valence-electron chi connectivity index (χ0n) is 54.6. The highest BCUT2D eigenvalue weighted by molar-refractivity contribution is 6.12. The monoisotopic (exact) mass is 1210 g/mol. The lowest BCUT2D eigenvalue weighted by Crippen LogP contribution is -2.51. The zero-order valence-corrected chi connectivity index (χ0v) is 54.6. The van der Waals surface area contributed by atoms with E-state index in [0.717, 1.165) is 61.8 Å². The summed E-state index contributed by atoms with van der Waals surface area (Å²) in [5.41, 5.74) is -17.1. The standard InChI is InChI=1S/C62H99NO22/c1-22-53(3,43(66)76-13)32-55(5,44(67)77-14)34-57(7,46(69)79-16)36-59(9,48(71)81-18)38-61(11,50(73)83-20)40-62(12,51(74)84-21)39-60(10,49(72)82-19)37-58(8,47(70)80-17)35-56(6,45(68)78-15)33-54(4,23-2)52(75)85-31-27-25-24-26-30-63-41(64)28-29-42(63)65/h28-29H,22-27,30-40H2,1-21H3. The van der Waals surface area contributed by atoms with Gasteiger partial charge in [0.1, 0.15) is 0 Å². The number of carbonyl (C=O) groups excluding carboxylic acids is 12. The van der Waals surface area contributed by atoms with Crippen LogP contribution in [-0.2, 0) is 105 Å². The first kappa shape index (κ1) is 76.6. The Morgan fingerprint density at radius 2 is 0.494 bits per heavy atom. The van der Waals surface area contributed by atoms with Crippen LogP contribution in [-0.4, -0.2) is 154 Å². The number of ether oxygens (including phenoxy) is 10. The van der Waals surface area contributed by atoms with Gasteiger partial charge in [-0.05, 0) is 159 Å². The highest BCUT2D eigenvalue weighted by Gasteiger charge is 2.60. The average molecular weight is 1210 g/mol. The van der Waals surface area contributed by atoms with Crippen molar-refractivity contribution in [2.24, 2.45) is 54.1 Å². The van der Waals surface area contributed by atoms with Crippen LogP contribution < -0.4 is 0 Å². The number of hydrogen-bond acceptors (Lipinski definition) is 22. The summed E-state index contributed by atoms with van der Waals surface area (Å²) in [5, 5.41) is 0. The van der Waals surface area contributed by atoms with E-state index in [0.29, 0.717) is 25.7 Å². The molecule has 0 saturated carbocycles. The molecule has 0 aromatic heterocycles. The van der Waals surface area contributed by atoms with E-state index >= 15 is 0 Å². The molecule has 0 N–H and O–H groups in total. The molecule has 0 radical (unpaired) electrons. The number of amides is 2. The van der Waals surface area contributed by atoms with E-state index in [4.69, 9.17) is 47.4 Å². The van der Waals surface area contributed by atoms with Crippen molar-refractivity contribution in [2.75, 3.05) is 77.1 Å². The molecule has 0 aromatic carbocycles. The largest absolute Gasteiger partial charge is 0.469 e. The van der Waals surface area contributed by atoms with Gasteiger partial charge in [-0.15, -0.1) is 0 Å². The van der Waals surface area contributed by atoms with Crippen LogP contribution in [0.1, 0.15) is 179 Å². The molecule has 10 unspecified atom stereocenters. The van der Waals surface area contributed by atoms with Gasteiger partial charge in [-0.25, -0.2) is 0 Å². The van der Waals surface area contributed by atoms with Gasteiger partial charge in [0.2, 0.25) is 0 Å². The summed E-state index contributed by atoms with van der Waals surface area (Å²) < 4.78 is 53.9. The molecule has 0 bridgehead atoms. The van der Waals surface area contributed by atoms with Crippen LogP contribution in [0, 0.1) is 54.1 Å². The van der Waals surface area contributed by atoms with E-state index in [2.05, 4.69) is 0 Å². The van der Waals surface area contributed by atoms with Crippen molar-refractivity contribution in [3.05, 3.63) is 12.2 Å². The SMILES string of the molecule is CCC(C)(CC(C)(CC(C)(CC(C)(CC(C)(CC(C)(CC(C)(CC(C)(CC(C)(CC(C)(CC)C(=O)OCCCCCCN1C(=O)C=CC1=O)C(=O)OC)C(=O)OC)C(=O)OC)C(=O)OC)C(=O)OC)C(=O)OC)C(=O)OC)C(=O)OC)C(=O)OC. The van der Waals surface area contributed by atoms with Crippen LogP contribution in [0.15, 0.2) is 12.2 Å². The van der Waals surface area contributed by atoms with Crippen LogP contribution in [0.4, 0.5) is 0 Å². The Labute approximate surface area is 502 Å². The number of imide groups is 1. The fourth-order valence-corrected chi connectivity index (χ4v) is 14.0. The lowest BCUT2D eigenvalue weighted by Gasteiger charge is -2.47. The maximum atomic E-state index is 14.6. The summed E-state index contributed by atoms with van der Waals surface area (Å²) in [6, 6.07) is 0. The number of carbonyl (C=O) groups is 12. The van der Waals surface area contributed by atoms with Gasteiger partial charge in [-0.2, -0.15) is 0 Å². The van der Waals surface area contributed by atoms with Gasteiger partial charge >= 0.3 is 59.7 Å². The van der Waals surface area contributed by atoms with E-state index < -0.39 is 152 Å². The fourth-order valence-electron chi connectivity index (χ4n) is 14.0. The lowest BCUT2D eigenvalue weighted by molar-refractivity contribution is -0.173. The number of rotatable bonds is 37. The van der Waals surface area contributed by atoms with Crippen molar-refractivity contribution < 1.29 is 105 Å². The quantitative estimate of drug-likeness (QED) is 0.0246. The Morgan fingerprint density at radius 3 is 0.706 bits per heavy atom. The molecule has 0 spiro atoms. The fraction of sp³-hybridized carbons (Fsp3) is 0.774. The van der Waals surface area contributed by atoms with Gasteiger partial charge in [0.25, 0.3) is 11.8 Å². The maximum absolute atomic E-state index is 14.6. The van der Waals surface area contributed by atoms with Crippen molar-refractivity contribution in [1.82, 2.24) is 4.90 Å². The molecule has 23 nitrogen and oxygen atoms in total. The Kier molecular flexibility index (Phi) is 27.7. The number of hydrogen-bond donors (Lipinski definition) is 0. The summed E-state index contributed by atoms with van der Waals surface area (Å²) in [6.07, 6.45) is 1.45. The second-order valence-corrected chi connectivity index (χ2v) is 26.0. The number of esters is 10. The molecule has 1 heterocycles. The topological polar surface area (TPSA) is 300 Å². The first-order valence-electron chi connectivity index (χ1n) is 28.6. The summed E-state index contributed by atoms with van der Waals surface area (Å²) in [5.74, 6) is -9.06. The molecule has 0 aromatic rings. The van der Waals surface area contributed by atoms with Crippen molar-refractivity contribution in [3.63, 3.8) is 0 Å². The number of methoxy groups -OCH3 is 9. The minimum Gasteiger partial charge on any atom is -0.469 e. The zero-order chi connectivity index (χ0) is 66.0. The maximum Gasteiger partial charge on any atom is 0.311 e. The van der Waals surface area contributed by atoms with Gasteiger partial charge in [0.15, 0.2) is 0 Å². The molecule has 1 aliphatic heterocycles.